The van der Waals surface area contributed by atoms with Crippen LogP contribution in [-0.4, -0.2) is 5.91 Å². The summed E-state index contributed by atoms with van der Waals surface area (Å²) in [5, 5.41) is 9.02. The molecule has 2 unspecified atom stereocenters. The number of nitrogens with zero attached hydrogens (tertiary/aromatic N) is 1. The van der Waals surface area contributed by atoms with Crippen LogP contribution in [0.3, 0.4) is 0 Å². The van der Waals surface area contributed by atoms with Crippen LogP contribution in [0.5, 0.6) is 0 Å². The van der Waals surface area contributed by atoms with Gasteiger partial charge in [-0.1, -0.05) is 58.4 Å². The van der Waals surface area contributed by atoms with E-state index in [1.807, 2.05) is 60.7 Å². The number of carbonyl (C=O) groups excluding carboxylic acids is 1. The summed E-state index contributed by atoms with van der Waals surface area (Å²) in [4.78, 5) is 11.6. The van der Waals surface area contributed by atoms with Gasteiger partial charge in [-0.3, -0.25) is 4.79 Å². The Morgan fingerprint density at radius 2 is 1.82 bits per heavy atom. The number of benzene rings is 2. The van der Waals surface area contributed by atoms with Gasteiger partial charge < -0.3 is 5.73 Å². The predicted octanol–water partition coefficient (Wildman–Crippen LogP) is 4.05. The molecule has 1 amide bonds. The van der Waals surface area contributed by atoms with Gasteiger partial charge in [0.05, 0.1) is 11.3 Å². The first-order chi connectivity index (χ1) is 10.6. The van der Waals surface area contributed by atoms with E-state index in [2.05, 4.69) is 15.9 Å². The van der Waals surface area contributed by atoms with Gasteiger partial charge in [0.15, 0.2) is 0 Å². The molecule has 0 aromatic heterocycles. The van der Waals surface area contributed by atoms with Crippen LogP contribution >= 0.6 is 27.7 Å². The highest BCUT2D eigenvalue weighted by Crippen LogP contribution is 2.38. The third-order valence-electron chi connectivity index (χ3n) is 3.22. The first kappa shape index (κ1) is 16.6. The fourth-order valence-electron chi connectivity index (χ4n) is 2.08. The highest BCUT2D eigenvalue weighted by molar-refractivity contribution is 9.10. The second-order valence-electron chi connectivity index (χ2n) is 4.78. The van der Waals surface area contributed by atoms with Gasteiger partial charge in [-0.2, -0.15) is 5.26 Å². The smallest absolute Gasteiger partial charge is 0.236 e. The van der Waals surface area contributed by atoms with E-state index in [0.717, 1.165) is 15.6 Å². The number of nitrogens with two attached hydrogens (primary N) is 1. The minimum absolute atomic E-state index is 0.282. The van der Waals surface area contributed by atoms with Gasteiger partial charge in [0, 0.05) is 10.2 Å². The number of hydrogen-bond acceptors (Lipinski definition) is 3. The summed E-state index contributed by atoms with van der Waals surface area (Å²) in [7, 11) is 0. The van der Waals surface area contributed by atoms with Crippen molar-refractivity contribution in [1.29, 1.82) is 5.26 Å². The fourth-order valence-corrected chi connectivity index (χ4v) is 3.64. The predicted molar refractivity (Wildman–Crippen MR) is 92.9 cm³/mol. The van der Waals surface area contributed by atoms with Crippen molar-refractivity contribution in [2.45, 2.75) is 11.0 Å². The molecular formula is C17H15BrN2OS. The van der Waals surface area contributed by atoms with Crippen molar-refractivity contribution in [2.24, 2.45) is 11.7 Å². The molecule has 2 aromatic rings. The van der Waals surface area contributed by atoms with Gasteiger partial charge in [0.25, 0.3) is 0 Å². The molecule has 0 bridgehead atoms. The Morgan fingerprint density at radius 3 is 2.36 bits per heavy atom. The van der Waals surface area contributed by atoms with E-state index in [1.165, 1.54) is 0 Å². The topological polar surface area (TPSA) is 66.9 Å². The van der Waals surface area contributed by atoms with Crippen molar-refractivity contribution in [3.8, 4) is 6.07 Å². The Morgan fingerprint density at radius 1 is 1.18 bits per heavy atom. The summed E-state index contributed by atoms with van der Waals surface area (Å²) in [6.45, 7) is 0. The third kappa shape index (κ3) is 4.36. The molecule has 2 rings (SSSR count). The molecule has 0 fully saturated rings. The number of nitriles is 1. The molecule has 22 heavy (non-hydrogen) atoms. The van der Waals surface area contributed by atoms with Crippen LogP contribution in [0.1, 0.15) is 16.4 Å². The average molecular weight is 375 g/mol. The standard InChI is InChI=1S/C17H15BrN2OS/c18-14-8-6-13(7-9-14)16(15(10-19)17(20)21)22-11-12-4-2-1-3-5-12/h1-9,15-16H,11H2,(H2,20,21). The van der Waals surface area contributed by atoms with E-state index >= 15 is 0 Å². The second-order valence-corrected chi connectivity index (χ2v) is 6.82. The Labute approximate surface area is 142 Å². The van der Waals surface area contributed by atoms with Crippen molar-refractivity contribution < 1.29 is 4.79 Å². The molecule has 0 aliphatic rings. The molecule has 3 nitrogen and oxygen atoms in total. The van der Waals surface area contributed by atoms with Crippen molar-refractivity contribution in [2.75, 3.05) is 0 Å². The highest BCUT2D eigenvalue weighted by atomic mass is 79.9. The molecule has 5 heteroatoms. The van der Waals surface area contributed by atoms with E-state index in [-0.39, 0.29) is 5.25 Å². The van der Waals surface area contributed by atoms with Gasteiger partial charge in [-0.05, 0) is 23.3 Å². The zero-order valence-corrected chi connectivity index (χ0v) is 14.2. The van der Waals surface area contributed by atoms with E-state index in [1.54, 1.807) is 11.8 Å². The molecule has 0 aliphatic carbocycles. The zero-order valence-electron chi connectivity index (χ0n) is 11.8. The van der Waals surface area contributed by atoms with Crippen LogP contribution in [0.4, 0.5) is 0 Å². The number of amides is 1. The minimum atomic E-state index is -0.852. The summed E-state index contributed by atoms with van der Waals surface area (Å²) >= 11 is 4.95. The van der Waals surface area contributed by atoms with Crippen LogP contribution < -0.4 is 5.73 Å². The third-order valence-corrected chi connectivity index (χ3v) is 5.15. The molecule has 2 atom stereocenters. The Balaban J connectivity index is 2.23. The normalized spacial score (nSPS) is 13.1. The quantitative estimate of drug-likeness (QED) is 0.828. The second kappa shape index (κ2) is 8.02. The van der Waals surface area contributed by atoms with E-state index in [0.29, 0.717) is 5.75 Å². The van der Waals surface area contributed by atoms with Crippen LogP contribution in [0.25, 0.3) is 0 Å². The first-order valence-electron chi connectivity index (χ1n) is 6.71. The fraction of sp³-hybridized carbons (Fsp3) is 0.176. The molecule has 0 saturated carbocycles. The molecule has 2 aromatic carbocycles. The molecule has 0 radical (unpaired) electrons. The Kier molecular flexibility index (Phi) is 6.05. The van der Waals surface area contributed by atoms with Crippen molar-refractivity contribution >= 4 is 33.6 Å². The number of halogens is 1. The maximum absolute atomic E-state index is 11.6. The molecule has 0 saturated heterocycles. The summed E-state index contributed by atoms with van der Waals surface area (Å²) < 4.78 is 0.954. The van der Waals surface area contributed by atoms with Gasteiger partial charge >= 0.3 is 0 Å². The maximum Gasteiger partial charge on any atom is 0.236 e. The monoisotopic (exact) mass is 374 g/mol. The number of rotatable bonds is 6. The molecular weight excluding hydrogens is 360 g/mol. The lowest BCUT2D eigenvalue weighted by Crippen LogP contribution is -2.26. The average Bonchev–Trinajstić information content (AvgIpc) is 2.53. The van der Waals surface area contributed by atoms with E-state index < -0.39 is 11.8 Å². The van der Waals surface area contributed by atoms with Crippen molar-refractivity contribution in [3.63, 3.8) is 0 Å². The SMILES string of the molecule is N#CC(C(N)=O)C(SCc1ccccc1)c1ccc(Br)cc1. The van der Waals surface area contributed by atoms with Gasteiger partial charge in [0.1, 0.15) is 5.92 Å². The van der Waals surface area contributed by atoms with Crippen molar-refractivity contribution in [1.82, 2.24) is 0 Å². The molecule has 2 N–H and O–H groups in total. The van der Waals surface area contributed by atoms with E-state index in [9.17, 15) is 10.1 Å². The van der Waals surface area contributed by atoms with Crippen LogP contribution in [0, 0.1) is 17.2 Å². The first-order valence-corrected chi connectivity index (χ1v) is 8.56. The lowest BCUT2D eigenvalue weighted by atomic mass is 9.99. The lowest BCUT2D eigenvalue weighted by molar-refractivity contribution is -0.120. The Hall–Kier alpha value is -1.77. The van der Waals surface area contributed by atoms with Gasteiger partial charge in [0.2, 0.25) is 5.91 Å². The lowest BCUT2D eigenvalue weighted by Gasteiger charge is -2.20. The number of carbonyl (C=O) groups is 1. The Bertz CT molecular complexity index is 667. The number of hydrogen-bond donors (Lipinski definition) is 1. The van der Waals surface area contributed by atoms with Crippen LogP contribution in [-0.2, 0) is 10.5 Å². The highest BCUT2D eigenvalue weighted by Gasteiger charge is 2.28. The molecule has 0 spiro atoms. The number of primary amides is 1. The molecule has 0 heterocycles. The van der Waals surface area contributed by atoms with Gasteiger partial charge in [-0.15, -0.1) is 11.8 Å². The van der Waals surface area contributed by atoms with E-state index in [4.69, 9.17) is 5.73 Å². The minimum Gasteiger partial charge on any atom is -0.368 e. The largest absolute Gasteiger partial charge is 0.368 e. The number of thioether (sulfide) groups is 1. The summed E-state index contributed by atoms with van der Waals surface area (Å²) in [6.07, 6.45) is 0. The summed E-state index contributed by atoms with van der Waals surface area (Å²) in [5.74, 6) is -0.724. The summed E-state index contributed by atoms with van der Waals surface area (Å²) in [5.41, 5.74) is 7.47. The maximum atomic E-state index is 11.6. The summed E-state index contributed by atoms with van der Waals surface area (Å²) in [6, 6.07) is 19.6. The van der Waals surface area contributed by atoms with Crippen LogP contribution in [0.15, 0.2) is 59.1 Å². The van der Waals surface area contributed by atoms with Crippen molar-refractivity contribution in [3.05, 3.63) is 70.2 Å². The van der Waals surface area contributed by atoms with Gasteiger partial charge in [-0.25, -0.2) is 0 Å². The van der Waals surface area contributed by atoms with Crippen LogP contribution in [0.2, 0.25) is 0 Å². The molecule has 112 valence electrons. The molecule has 0 aliphatic heterocycles. The zero-order chi connectivity index (χ0) is 15.9.